The Morgan fingerprint density at radius 2 is 2.17 bits per heavy atom. The number of hydrogen-bond acceptors (Lipinski definition) is 4. The number of aryl methyl sites for hydroxylation is 1. The highest BCUT2D eigenvalue weighted by molar-refractivity contribution is 6.33. The summed E-state index contributed by atoms with van der Waals surface area (Å²) in [6.45, 7) is 2.28. The number of non-ortho nitro benzene ring substituents is 1. The molecule has 0 aliphatic heterocycles. The molecule has 94 valence electrons. The Labute approximate surface area is 109 Å². The van der Waals surface area contributed by atoms with Crippen LogP contribution in [0.5, 0.6) is 0 Å². The fourth-order valence-electron chi connectivity index (χ4n) is 1.52. The van der Waals surface area contributed by atoms with Crippen molar-refractivity contribution in [1.29, 1.82) is 0 Å². The molecule has 0 fully saturated rings. The van der Waals surface area contributed by atoms with Crippen molar-refractivity contribution >= 4 is 23.0 Å². The Bertz CT molecular complexity index is 580. The van der Waals surface area contributed by atoms with Crippen molar-refractivity contribution in [3.63, 3.8) is 0 Å². The maximum absolute atomic E-state index is 10.7. The zero-order valence-corrected chi connectivity index (χ0v) is 10.4. The molecule has 1 heterocycles. The minimum absolute atomic E-state index is 0.00229. The Morgan fingerprint density at radius 3 is 2.78 bits per heavy atom. The van der Waals surface area contributed by atoms with Gasteiger partial charge in [-0.3, -0.25) is 10.1 Å². The highest BCUT2D eigenvalue weighted by Crippen LogP contribution is 2.27. The summed E-state index contributed by atoms with van der Waals surface area (Å²) in [5, 5.41) is 14.1. The SMILES string of the molecule is Cc1ccc(CNc2cc([N+](=O)[O-])ccc2Cl)o1. The van der Waals surface area contributed by atoms with Crippen molar-refractivity contribution in [2.24, 2.45) is 0 Å². The normalized spacial score (nSPS) is 10.3. The van der Waals surface area contributed by atoms with Crippen LogP contribution >= 0.6 is 11.6 Å². The molecule has 2 aromatic rings. The molecule has 0 amide bonds. The van der Waals surface area contributed by atoms with E-state index in [0.29, 0.717) is 17.3 Å². The number of hydrogen-bond donors (Lipinski definition) is 1. The number of anilines is 1. The molecule has 0 aliphatic carbocycles. The van der Waals surface area contributed by atoms with Crippen LogP contribution in [0, 0.1) is 17.0 Å². The van der Waals surface area contributed by atoms with Crippen molar-refractivity contribution in [1.82, 2.24) is 0 Å². The standard InChI is InChI=1S/C12H11ClN2O3/c1-8-2-4-10(18-8)7-14-12-6-9(15(16)17)3-5-11(12)13/h2-6,14H,7H2,1H3. The summed E-state index contributed by atoms with van der Waals surface area (Å²) in [7, 11) is 0. The van der Waals surface area contributed by atoms with Gasteiger partial charge in [-0.25, -0.2) is 0 Å². The zero-order valence-electron chi connectivity index (χ0n) is 9.64. The van der Waals surface area contributed by atoms with Crippen LogP contribution in [0.25, 0.3) is 0 Å². The van der Waals surface area contributed by atoms with E-state index < -0.39 is 4.92 Å². The molecule has 0 unspecified atom stereocenters. The van der Waals surface area contributed by atoms with Crippen LogP contribution in [0.15, 0.2) is 34.7 Å². The molecule has 0 bridgehead atoms. The summed E-state index contributed by atoms with van der Waals surface area (Å²) < 4.78 is 5.38. The van der Waals surface area contributed by atoms with Crippen LogP contribution in [0.2, 0.25) is 5.02 Å². The number of rotatable bonds is 4. The van der Waals surface area contributed by atoms with Gasteiger partial charge < -0.3 is 9.73 Å². The third-order valence-electron chi connectivity index (χ3n) is 2.41. The summed E-state index contributed by atoms with van der Waals surface area (Å²) >= 11 is 5.96. The van der Waals surface area contributed by atoms with Gasteiger partial charge in [-0.05, 0) is 25.1 Å². The minimum Gasteiger partial charge on any atom is -0.465 e. The second kappa shape index (κ2) is 5.10. The molecule has 1 N–H and O–H groups in total. The van der Waals surface area contributed by atoms with Crippen LogP contribution in [-0.4, -0.2) is 4.92 Å². The molecule has 6 heteroatoms. The van der Waals surface area contributed by atoms with Crippen molar-refractivity contribution in [2.75, 3.05) is 5.32 Å². The maximum Gasteiger partial charge on any atom is 0.271 e. The van der Waals surface area contributed by atoms with Gasteiger partial charge in [0.2, 0.25) is 0 Å². The molecule has 0 atom stereocenters. The number of halogens is 1. The lowest BCUT2D eigenvalue weighted by molar-refractivity contribution is -0.384. The van der Waals surface area contributed by atoms with E-state index in [2.05, 4.69) is 5.32 Å². The average molecular weight is 267 g/mol. The van der Waals surface area contributed by atoms with E-state index in [1.807, 2.05) is 19.1 Å². The van der Waals surface area contributed by atoms with Crippen LogP contribution in [0.1, 0.15) is 11.5 Å². The van der Waals surface area contributed by atoms with E-state index in [9.17, 15) is 10.1 Å². The molecule has 5 nitrogen and oxygen atoms in total. The third kappa shape index (κ3) is 2.81. The second-order valence-corrected chi connectivity index (χ2v) is 4.19. The molecule has 0 aliphatic rings. The Balaban J connectivity index is 2.13. The lowest BCUT2D eigenvalue weighted by atomic mass is 10.2. The molecular weight excluding hydrogens is 256 g/mol. The van der Waals surface area contributed by atoms with E-state index in [4.69, 9.17) is 16.0 Å². The molecule has 0 saturated heterocycles. The number of nitro benzene ring substituents is 1. The zero-order chi connectivity index (χ0) is 13.1. The van der Waals surface area contributed by atoms with Gasteiger partial charge in [-0.2, -0.15) is 0 Å². The first-order chi connectivity index (χ1) is 8.56. The number of furan rings is 1. The smallest absolute Gasteiger partial charge is 0.271 e. The summed E-state index contributed by atoms with van der Waals surface area (Å²) in [5.41, 5.74) is 0.512. The second-order valence-electron chi connectivity index (χ2n) is 3.79. The quantitative estimate of drug-likeness (QED) is 0.676. The van der Waals surface area contributed by atoms with Crippen molar-refractivity contribution in [2.45, 2.75) is 13.5 Å². The Hall–Kier alpha value is -2.01. The number of nitrogens with one attached hydrogen (secondary N) is 1. The van der Waals surface area contributed by atoms with Gasteiger partial charge in [0.1, 0.15) is 11.5 Å². The van der Waals surface area contributed by atoms with Crippen LogP contribution in [0.3, 0.4) is 0 Å². The largest absolute Gasteiger partial charge is 0.465 e. The highest BCUT2D eigenvalue weighted by atomic mass is 35.5. The average Bonchev–Trinajstić information content (AvgIpc) is 2.74. The third-order valence-corrected chi connectivity index (χ3v) is 2.74. The van der Waals surface area contributed by atoms with Crippen molar-refractivity contribution in [3.8, 4) is 0 Å². The van der Waals surface area contributed by atoms with Gasteiger partial charge in [0.05, 0.1) is 22.2 Å². The molecule has 0 saturated carbocycles. The predicted octanol–water partition coefficient (Wildman–Crippen LogP) is 3.76. The van der Waals surface area contributed by atoms with Gasteiger partial charge in [-0.1, -0.05) is 11.6 Å². The van der Waals surface area contributed by atoms with E-state index in [-0.39, 0.29) is 5.69 Å². The topological polar surface area (TPSA) is 68.3 Å². The fourth-order valence-corrected chi connectivity index (χ4v) is 1.71. The van der Waals surface area contributed by atoms with Crippen molar-refractivity contribution in [3.05, 3.63) is 57.0 Å². The van der Waals surface area contributed by atoms with Gasteiger partial charge >= 0.3 is 0 Å². The van der Waals surface area contributed by atoms with E-state index in [0.717, 1.165) is 11.5 Å². The summed E-state index contributed by atoms with van der Waals surface area (Å²) in [6, 6.07) is 7.96. The fraction of sp³-hybridized carbons (Fsp3) is 0.167. The lowest BCUT2D eigenvalue weighted by Gasteiger charge is -2.06. The van der Waals surface area contributed by atoms with Crippen LogP contribution < -0.4 is 5.32 Å². The van der Waals surface area contributed by atoms with Gasteiger partial charge in [0.15, 0.2) is 0 Å². The van der Waals surface area contributed by atoms with Gasteiger partial charge in [-0.15, -0.1) is 0 Å². The molecule has 0 spiro atoms. The van der Waals surface area contributed by atoms with E-state index in [1.54, 1.807) is 0 Å². The molecule has 18 heavy (non-hydrogen) atoms. The van der Waals surface area contributed by atoms with Crippen LogP contribution in [0.4, 0.5) is 11.4 Å². The lowest BCUT2D eigenvalue weighted by Crippen LogP contribution is -1.99. The summed E-state index contributed by atoms with van der Waals surface area (Å²) in [5.74, 6) is 1.56. The first-order valence-corrected chi connectivity index (χ1v) is 5.67. The molecule has 0 radical (unpaired) electrons. The molecular formula is C12H11ClN2O3. The first-order valence-electron chi connectivity index (χ1n) is 5.29. The van der Waals surface area contributed by atoms with Crippen LogP contribution in [-0.2, 0) is 6.54 Å². The Kier molecular flexibility index (Phi) is 3.53. The Morgan fingerprint density at radius 1 is 1.39 bits per heavy atom. The van der Waals surface area contributed by atoms with Gasteiger partial charge in [0, 0.05) is 12.1 Å². The van der Waals surface area contributed by atoms with E-state index in [1.165, 1.54) is 18.2 Å². The molecule has 1 aromatic carbocycles. The molecule has 1 aromatic heterocycles. The maximum atomic E-state index is 10.7. The number of nitrogens with zero attached hydrogens (tertiary/aromatic N) is 1. The molecule has 2 rings (SSSR count). The predicted molar refractivity (Wildman–Crippen MR) is 68.9 cm³/mol. The van der Waals surface area contributed by atoms with E-state index >= 15 is 0 Å². The summed E-state index contributed by atoms with van der Waals surface area (Å²) in [6.07, 6.45) is 0. The first kappa shape index (κ1) is 12.4. The minimum atomic E-state index is -0.460. The summed E-state index contributed by atoms with van der Waals surface area (Å²) in [4.78, 5) is 10.2. The number of benzene rings is 1. The van der Waals surface area contributed by atoms with Gasteiger partial charge in [0.25, 0.3) is 5.69 Å². The monoisotopic (exact) mass is 266 g/mol. The van der Waals surface area contributed by atoms with Crippen molar-refractivity contribution < 1.29 is 9.34 Å². The number of nitro groups is 1. The highest BCUT2D eigenvalue weighted by Gasteiger charge is 2.09.